The minimum atomic E-state index is -1.60. The SMILES string of the molecule is OC(c1ccc(F)cc1)(c1cccnc1)c1ccc2nc(Cl)c(Cc3ccc(-n4cccc4)cc3)c(Cl)c2c1. The molecule has 6 aromatic rings. The molecule has 3 aromatic heterocycles. The van der Waals surface area contributed by atoms with Gasteiger partial charge in [0.05, 0.1) is 10.5 Å². The van der Waals surface area contributed by atoms with Crippen LogP contribution in [-0.4, -0.2) is 19.6 Å². The van der Waals surface area contributed by atoms with Crippen molar-refractivity contribution < 1.29 is 9.50 Å². The molecule has 0 aliphatic heterocycles. The van der Waals surface area contributed by atoms with Gasteiger partial charge in [0.15, 0.2) is 0 Å². The van der Waals surface area contributed by atoms with Gasteiger partial charge in [-0.2, -0.15) is 0 Å². The smallest absolute Gasteiger partial charge is 0.142 e. The Kier molecular flexibility index (Phi) is 6.65. The van der Waals surface area contributed by atoms with Gasteiger partial charge in [-0.1, -0.05) is 59.6 Å². The van der Waals surface area contributed by atoms with E-state index < -0.39 is 11.4 Å². The fraction of sp³-hybridized carbons (Fsp3) is 0.0625. The standard InChI is InChI=1S/C32H22Cl2FN3O/c33-30-27-19-23(32(39,24-4-3-15-36-20-24)22-7-10-25(35)11-8-22)9-14-29(27)37-31(34)28(30)18-21-5-12-26(13-6-21)38-16-1-2-17-38/h1-17,19-20,39H,18H2. The Morgan fingerprint density at radius 2 is 1.54 bits per heavy atom. The molecule has 0 fully saturated rings. The molecule has 0 radical (unpaired) electrons. The molecule has 3 aromatic carbocycles. The number of hydrogen-bond acceptors (Lipinski definition) is 3. The van der Waals surface area contributed by atoms with Crippen molar-refractivity contribution in [1.29, 1.82) is 0 Å². The molecular formula is C32H22Cl2FN3O. The van der Waals surface area contributed by atoms with Crippen LogP contribution in [0.25, 0.3) is 16.6 Å². The molecule has 7 heteroatoms. The molecule has 0 spiro atoms. The van der Waals surface area contributed by atoms with Gasteiger partial charge in [0.2, 0.25) is 0 Å². The van der Waals surface area contributed by atoms with Crippen LogP contribution in [0.3, 0.4) is 0 Å². The van der Waals surface area contributed by atoms with Crippen LogP contribution >= 0.6 is 23.2 Å². The number of hydrogen-bond donors (Lipinski definition) is 1. The van der Waals surface area contributed by atoms with E-state index in [4.69, 9.17) is 23.2 Å². The molecule has 0 aliphatic carbocycles. The van der Waals surface area contributed by atoms with Crippen molar-refractivity contribution >= 4 is 34.1 Å². The van der Waals surface area contributed by atoms with Crippen molar-refractivity contribution in [2.75, 3.05) is 0 Å². The van der Waals surface area contributed by atoms with Crippen LogP contribution in [0, 0.1) is 5.82 Å². The summed E-state index contributed by atoms with van der Waals surface area (Å²) in [5.41, 5.74) is 3.37. The Morgan fingerprint density at radius 1 is 0.821 bits per heavy atom. The van der Waals surface area contributed by atoms with Gasteiger partial charge in [0.1, 0.15) is 16.6 Å². The van der Waals surface area contributed by atoms with Gasteiger partial charge in [-0.25, -0.2) is 9.37 Å². The first-order valence-corrected chi connectivity index (χ1v) is 13.1. The van der Waals surface area contributed by atoms with Crippen LogP contribution in [0.15, 0.2) is 116 Å². The molecular weight excluding hydrogens is 532 g/mol. The summed E-state index contributed by atoms with van der Waals surface area (Å²) < 4.78 is 15.8. The van der Waals surface area contributed by atoms with Crippen LogP contribution in [0.2, 0.25) is 10.2 Å². The summed E-state index contributed by atoms with van der Waals surface area (Å²) in [6.07, 6.45) is 7.70. The maximum absolute atomic E-state index is 13.8. The van der Waals surface area contributed by atoms with E-state index in [1.165, 1.54) is 12.1 Å². The Labute approximate surface area is 234 Å². The first kappa shape index (κ1) is 25.3. The monoisotopic (exact) mass is 553 g/mol. The van der Waals surface area contributed by atoms with Crippen molar-refractivity contribution in [1.82, 2.24) is 14.5 Å². The van der Waals surface area contributed by atoms with E-state index in [1.54, 1.807) is 48.8 Å². The third-order valence-corrected chi connectivity index (χ3v) is 7.69. The molecule has 4 nitrogen and oxygen atoms in total. The lowest BCUT2D eigenvalue weighted by atomic mass is 9.80. The number of halogens is 3. The lowest BCUT2D eigenvalue weighted by Gasteiger charge is -2.30. The molecule has 0 saturated carbocycles. The van der Waals surface area contributed by atoms with Gasteiger partial charge in [0, 0.05) is 53.4 Å². The highest BCUT2D eigenvalue weighted by Gasteiger charge is 2.34. The van der Waals surface area contributed by atoms with Crippen LogP contribution < -0.4 is 0 Å². The largest absolute Gasteiger partial charge is 0.376 e. The number of aliphatic hydroxyl groups is 1. The normalized spacial score (nSPS) is 12.9. The lowest BCUT2D eigenvalue weighted by Crippen LogP contribution is -2.29. The van der Waals surface area contributed by atoms with Crippen molar-refractivity contribution in [2.24, 2.45) is 0 Å². The zero-order valence-corrected chi connectivity index (χ0v) is 22.1. The molecule has 3 heterocycles. The predicted molar refractivity (Wildman–Crippen MR) is 153 cm³/mol. The van der Waals surface area contributed by atoms with Crippen molar-refractivity contribution in [3.8, 4) is 5.69 Å². The first-order chi connectivity index (χ1) is 18.9. The Bertz CT molecular complexity index is 1760. The van der Waals surface area contributed by atoms with E-state index in [0.717, 1.165) is 11.3 Å². The second kappa shape index (κ2) is 10.3. The number of nitrogens with zero attached hydrogens (tertiary/aromatic N) is 3. The Hall–Kier alpha value is -4.03. The van der Waals surface area contributed by atoms with Gasteiger partial charge in [-0.3, -0.25) is 4.98 Å². The van der Waals surface area contributed by atoms with Crippen molar-refractivity contribution in [3.63, 3.8) is 0 Å². The fourth-order valence-corrected chi connectivity index (χ4v) is 5.48. The highest BCUT2D eigenvalue weighted by Crippen LogP contribution is 2.40. The average molecular weight is 554 g/mol. The van der Waals surface area contributed by atoms with Crippen molar-refractivity contribution in [3.05, 3.63) is 160 Å². The second-order valence-electron chi connectivity index (χ2n) is 9.32. The van der Waals surface area contributed by atoms with E-state index in [-0.39, 0.29) is 0 Å². The molecule has 0 amide bonds. The summed E-state index contributed by atoms with van der Waals surface area (Å²) in [4.78, 5) is 8.81. The molecule has 6 rings (SSSR count). The van der Waals surface area contributed by atoms with E-state index in [2.05, 4.69) is 9.97 Å². The van der Waals surface area contributed by atoms with Crippen LogP contribution in [0.5, 0.6) is 0 Å². The minimum absolute atomic E-state index is 0.329. The molecule has 0 aliphatic rings. The summed E-state index contributed by atoms with van der Waals surface area (Å²) >= 11 is 13.6. The second-order valence-corrected chi connectivity index (χ2v) is 10.1. The maximum Gasteiger partial charge on any atom is 0.142 e. The lowest BCUT2D eigenvalue weighted by molar-refractivity contribution is 0.125. The van der Waals surface area contributed by atoms with Gasteiger partial charge >= 0.3 is 0 Å². The van der Waals surface area contributed by atoms with E-state index in [9.17, 15) is 9.50 Å². The van der Waals surface area contributed by atoms with Gasteiger partial charge in [0.25, 0.3) is 0 Å². The average Bonchev–Trinajstić information content (AvgIpc) is 3.51. The fourth-order valence-electron chi connectivity index (χ4n) is 4.88. The molecule has 1 N–H and O–H groups in total. The van der Waals surface area contributed by atoms with E-state index >= 15 is 0 Å². The molecule has 1 unspecified atom stereocenters. The Balaban J connectivity index is 1.44. The quantitative estimate of drug-likeness (QED) is 0.214. The third-order valence-electron chi connectivity index (χ3n) is 6.94. The van der Waals surface area contributed by atoms with Crippen molar-refractivity contribution in [2.45, 2.75) is 12.0 Å². The summed E-state index contributed by atoms with van der Waals surface area (Å²) in [5.74, 6) is -0.390. The Morgan fingerprint density at radius 3 is 2.23 bits per heavy atom. The minimum Gasteiger partial charge on any atom is -0.376 e. The summed E-state index contributed by atoms with van der Waals surface area (Å²) in [7, 11) is 0. The number of fused-ring (bicyclic) bond motifs is 1. The van der Waals surface area contributed by atoms with E-state index in [0.29, 0.717) is 49.8 Å². The topological polar surface area (TPSA) is 50.9 Å². The number of aromatic nitrogens is 3. The number of benzene rings is 3. The maximum atomic E-state index is 13.8. The van der Waals surface area contributed by atoms with Crippen LogP contribution in [0.1, 0.15) is 27.8 Å². The number of rotatable bonds is 6. The highest BCUT2D eigenvalue weighted by molar-refractivity contribution is 6.39. The molecule has 192 valence electrons. The summed E-state index contributed by atoms with van der Waals surface area (Å²) in [6, 6.07) is 26.8. The zero-order valence-electron chi connectivity index (χ0n) is 20.6. The van der Waals surface area contributed by atoms with Crippen LogP contribution in [0.4, 0.5) is 4.39 Å². The van der Waals surface area contributed by atoms with Gasteiger partial charge < -0.3 is 9.67 Å². The highest BCUT2D eigenvalue weighted by atomic mass is 35.5. The molecule has 39 heavy (non-hydrogen) atoms. The first-order valence-electron chi connectivity index (χ1n) is 12.3. The molecule has 0 bridgehead atoms. The zero-order chi connectivity index (χ0) is 27.0. The molecule has 1 atom stereocenters. The molecule has 0 saturated heterocycles. The summed E-state index contributed by atoms with van der Waals surface area (Å²) in [6.45, 7) is 0. The third kappa shape index (κ3) is 4.70. The van der Waals surface area contributed by atoms with Crippen LogP contribution in [-0.2, 0) is 12.0 Å². The van der Waals surface area contributed by atoms with E-state index in [1.807, 2.05) is 59.4 Å². The summed E-state index contributed by atoms with van der Waals surface area (Å²) in [5, 5.41) is 13.6. The van der Waals surface area contributed by atoms with Gasteiger partial charge in [-0.15, -0.1) is 0 Å². The predicted octanol–water partition coefficient (Wildman–Crippen LogP) is 7.74. The van der Waals surface area contributed by atoms with Gasteiger partial charge in [-0.05, 0) is 71.3 Å². The number of pyridine rings is 2.